The van der Waals surface area contributed by atoms with Gasteiger partial charge in [0.15, 0.2) is 0 Å². The van der Waals surface area contributed by atoms with Gasteiger partial charge >= 0.3 is 11.9 Å². The van der Waals surface area contributed by atoms with Gasteiger partial charge in [-0.05, 0) is 72.6 Å². The monoisotopic (exact) mass is 508 g/mol. The molecule has 38 heavy (non-hydrogen) atoms. The van der Waals surface area contributed by atoms with E-state index >= 15 is 0 Å². The molecule has 1 saturated carbocycles. The van der Waals surface area contributed by atoms with Crippen molar-refractivity contribution in [3.8, 4) is 0 Å². The largest absolute Gasteiger partial charge is 0.481 e. The smallest absolute Gasteiger partial charge is 0.303 e. The molecule has 0 radical (unpaired) electrons. The average molecular weight is 509 g/mol. The summed E-state index contributed by atoms with van der Waals surface area (Å²) in [6.07, 6.45) is 27.5. The molecule has 0 spiro atoms. The van der Waals surface area contributed by atoms with Crippen LogP contribution in [0.15, 0.2) is 96.2 Å². The minimum Gasteiger partial charge on any atom is -0.481 e. The summed E-state index contributed by atoms with van der Waals surface area (Å²) in [5.41, 5.74) is 4.76. The van der Waals surface area contributed by atoms with Gasteiger partial charge in [0.1, 0.15) is 0 Å². The third-order valence-corrected chi connectivity index (χ3v) is 10.1. The number of rotatable bonds is 9. The predicted octanol–water partition coefficient (Wildman–Crippen LogP) is 7.28. The summed E-state index contributed by atoms with van der Waals surface area (Å²) in [6, 6.07) is 8.61. The number of benzene rings is 1. The lowest BCUT2D eigenvalue weighted by Crippen LogP contribution is -2.42. The zero-order chi connectivity index (χ0) is 26.3. The van der Waals surface area contributed by atoms with Crippen LogP contribution >= 0.6 is 0 Å². The molecule has 6 rings (SSSR count). The Morgan fingerprint density at radius 3 is 2.29 bits per heavy atom. The molecule has 0 amide bonds. The molecule has 6 unspecified atom stereocenters. The predicted molar refractivity (Wildman–Crippen MR) is 149 cm³/mol. The molecule has 5 aliphatic carbocycles. The van der Waals surface area contributed by atoms with E-state index in [4.69, 9.17) is 0 Å². The molecule has 4 heteroatoms. The quantitative estimate of drug-likeness (QED) is 0.368. The summed E-state index contributed by atoms with van der Waals surface area (Å²) in [4.78, 5) is 23.8. The van der Waals surface area contributed by atoms with Gasteiger partial charge in [0, 0.05) is 35.5 Å². The zero-order valence-corrected chi connectivity index (χ0v) is 21.8. The van der Waals surface area contributed by atoms with Crippen molar-refractivity contribution in [3.05, 3.63) is 107 Å². The van der Waals surface area contributed by atoms with Gasteiger partial charge in [0.25, 0.3) is 0 Å². The zero-order valence-electron chi connectivity index (χ0n) is 21.8. The maximum Gasteiger partial charge on any atom is 0.303 e. The average Bonchev–Trinajstić information content (AvgIpc) is 3.44. The SMILES string of the molecule is O=C(O)CCC1(CCC2(CCC(=O)O)c3ccccc3C3C=CC=CC32)C2=CCC=C2C2C=CC=CC1C2. The van der Waals surface area contributed by atoms with Gasteiger partial charge in [-0.25, -0.2) is 0 Å². The van der Waals surface area contributed by atoms with Crippen LogP contribution in [0.2, 0.25) is 0 Å². The molecule has 1 aromatic rings. The fraction of sp³-hybridized carbons (Fsp3) is 0.412. The van der Waals surface area contributed by atoms with Gasteiger partial charge in [-0.1, -0.05) is 85.0 Å². The molecule has 0 heterocycles. The first kappa shape index (κ1) is 24.9. The molecule has 2 bridgehead atoms. The number of carboxylic acids is 2. The topological polar surface area (TPSA) is 74.6 Å². The number of aliphatic carboxylic acids is 2. The Labute approximate surface area is 224 Å². The fourth-order valence-electron chi connectivity index (χ4n) is 8.49. The van der Waals surface area contributed by atoms with Crippen LogP contribution in [0.5, 0.6) is 0 Å². The molecule has 6 atom stereocenters. The van der Waals surface area contributed by atoms with Crippen LogP contribution in [0.4, 0.5) is 0 Å². The summed E-state index contributed by atoms with van der Waals surface area (Å²) in [6.45, 7) is 0. The van der Waals surface area contributed by atoms with Gasteiger partial charge in [0.2, 0.25) is 0 Å². The number of hydrogen-bond acceptors (Lipinski definition) is 2. The summed E-state index contributed by atoms with van der Waals surface area (Å²) in [5, 5.41) is 19.6. The minimum absolute atomic E-state index is 0.125. The van der Waals surface area contributed by atoms with Crippen LogP contribution in [0.1, 0.15) is 68.4 Å². The third-order valence-electron chi connectivity index (χ3n) is 10.1. The normalized spacial score (nSPS) is 33.7. The van der Waals surface area contributed by atoms with Gasteiger partial charge in [-0.2, -0.15) is 0 Å². The second kappa shape index (κ2) is 9.72. The summed E-state index contributed by atoms with van der Waals surface area (Å²) >= 11 is 0. The van der Waals surface area contributed by atoms with Crippen LogP contribution in [-0.4, -0.2) is 22.2 Å². The molecule has 5 aliphatic rings. The first-order valence-electron chi connectivity index (χ1n) is 14.1. The summed E-state index contributed by atoms with van der Waals surface area (Å²) < 4.78 is 0. The Morgan fingerprint density at radius 1 is 0.789 bits per heavy atom. The van der Waals surface area contributed by atoms with E-state index in [-0.39, 0.29) is 41.4 Å². The first-order chi connectivity index (χ1) is 18.4. The van der Waals surface area contributed by atoms with E-state index in [0.717, 1.165) is 25.7 Å². The second-order valence-electron chi connectivity index (χ2n) is 11.7. The third kappa shape index (κ3) is 3.97. The van der Waals surface area contributed by atoms with E-state index in [1.807, 2.05) is 0 Å². The van der Waals surface area contributed by atoms with Crippen molar-refractivity contribution in [1.82, 2.24) is 0 Å². The summed E-state index contributed by atoms with van der Waals surface area (Å²) in [7, 11) is 0. The Kier molecular flexibility index (Phi) is 6.37. The Hall–Kier alpha value is -3.40. The highest BCUT2D eigenvalue weighted by Crippen LogP contribution is 2.63. The Balaban J connectivity index is 1.44. The number of fused-ring (bicyclic) bond motifs is 7. The fourth-order valence-corrected chi connectivity index (χ4v) is 8.49. The lowest BCUT2D eigenvalue weighted by molar-refractivity contribution is -0.138. The van der Waals surface area contributed by atoms with Gasteiger partial charge in [-0.3, -0.25) is 9.59 Å². The molecule has 196 valence electrons. The highest BCUT2D eigenvalue weighted by Gasteiger charge is 2.54. The Bertz CT molecular complexity index is 1320. The van der Waals surface area contributed by atoms with Gasteiger partial charge in [-0.15, -0.1) is 0 Å². The van der Waals surface area contributed by atoms with Gasteiger partial charge in [0.05, 0.1) is 0 Å². The molecular weight excluding hydrogens is 472 g/mol. The van der Waals surface area contributed by atoms with Crippen molar-refractivity contribution < 1.29 is 19.8 Å². The lowest BCUT2D eigenvalue weighted by Gasteiger charge is -2.50. The van der Waals surface area contributed by atoms with Crippen molar-refractivity contribution >= 4 is 11.9 Å². The van der Waals surface area contributed by atoms with Crippen LogP contribution in [0.25, 0.3) is 0 Å². The number of carboxylic acid groups (broad SMARTS) is 2. The number of hydrogen-bond donors (Lipinski definition) is 2. The maximum absolute atomic E-state index is 11.9. The number of allylic oxidation sites excluding steroid dienone is 12. The highest BCUT2D eigenvalue weighted by atomic mass is 16.4. The second-order valence-corrected chi connectivity index (χ2v) is 11.7. The molecule has 0 saturated heterocycles. The van der Waals surface area contributed by atoms with Crippen LogP contribution in [0.3, 0.4) is 0 Å². The van der Waals surface area contributed by atoms with Crippen molar-refractivity contribution in [2.45, 2.75) is 62.7 Å². The van der Waals surface area contributed by atoms with E-state index in [1.165, 1.54) is 22.3 Å². The van der Waals surface area contributed by atoms with E-state index in [1.54, 1.807) is 0 Å². The molecule has 0 aliphatic heterocycles. The lowest BCUT2D eigenvalue weighted by atomic mass is 9.53. The molecular formula is C34H36O4. The number of carbonyl (C=O) groups is 2. The molecule has 0 aromatic heterocycles. The van der Waals surface area contributed by atoms with Crippen molar-refractivity contribution in [2.24, 2.45) is 23.2 Å². The van der Waals surface area contributed by atoms with Crippen LogP contribution < -0.4 is 0 Å². The minimum atomic E-state index is -0.761. The van der Waals surface area contributed by atoms with Crippen molar-refractivity contribution in [3.63, 3.8) is 0 Å². The first-order valence-corrected chi connectivity index (χ1v) is 14.1. The standard InChI is InChI=1S/C34H36O4/c35-31(36)16-18-33(24-9-2-1-8-23(22-24)25-12-7-15-28(25)33)20-21-34(19-17-32(37)38)29-13-5-3-10-26(29)27-11-4-6-14-30(27)34/h1-6,8-15,23-24,26,29H,7,16-22H2,(H,35,36)(H,37,38). The van der Waals surface area contributed by atoms with E-state index in [9.17, 15) is 19.8 Å². The molecule has 1 aromatic carbocycles. The van der Waals surface area contributed by atoms with E-state index in [0.29, 0.717) is 18.8 Å². The van der Waals surface area contributed by atoms with Crippen LogP contribution in [-0.2, 0) is 15.0 Å². The van der Waals surface area contributed by atoms with Gasteiger partial charge < -0.3 is 10.2 Å². The molecule has 4 nitrogen and oxygen atoms in total. The Morgan fingerprint density at radius 2 is 1.47 bits per heavy atom. The highest BCUT2D eigenvalue weighted by molar-refractivity contribution is 5.68. The molecule has 2 N–H and O–H groups in total. The van der Waals surface area contributed by atoms with E-state index < -0.39 is 11.9 Å². The summed E-state index contributed by atoms with van der Waals surface area (Å²) in [5.74, 6) is -0.420. The maximum atomic E-state index is 11.9. The van der Waals surface area contributed by atoms with E-state index in [2.05, 4.69) is 85.0 Å². The van der Waals surface area contributed by atoms with Crippen molar-refractivity contribution in [1.29, 1.82) is 0 Å². The van der Waals surface area contributed by atoms with Crippen molar-refractivity contribution in [2.75, 3.05) is 0 Å². The molecule has 1 fully saturated rings. The van der Waals surface area contributed by atoms with Crippen LogP contribution in [0, 0.1) is 23.2 Å².